The van der Waals surface area contributed by atoms with Gasteiger partial charge in [0.05, 0.1) is 37.2 Å². The van der Waals surface area contributed by atoms with Crippen molar-refractivity contribution in [3.05, 3.63) is 71.2 Å². The molecule has 2 aromatic carbocycles. The smallest absolute Gasteiger partial charge is 0.378 e. The summed E-state index contributed by atoms with van der Waals surface area (Å²) in [5.41, 5.74) is 7.69. The molecular formula is C32H49F4N7O. The molecule has 3 rings (SSSR count). The van der Waals surface area contributed by atoms with Crippen LogP contribution >= 0.6 is 0 Å². The van der Waals surface area contributed by atoms with Crippen LogP contribution in [-0.4, -0.2) is 54.0 Å². The van der Waals surface area contributed by atoms with Crippen molar-refractivity contribution in [2.45, 2.75) is 86.0 Å². The Morgan fingerprint density at radius 1 is 1.14 bits per heavy atom. The highest BCUT2D eigenvalue weighted by Gasteiger charge is 2.30. The number of hydrazine groups is 1. The van der Waals surface area contributed by atoms with E-state index in [1.165, 1.54) is 18.7 Å². The number of nitrogens with zero attached hydrogens (tertiary/aromatic N) is 4. The molecule has 1 aliphatic rings. The van der Waals surface area contributed by atoms with Crippen LogP contribution in [0.25, 0.3) is 0 Å². The largest absolute Gasteiger partial charge is 0.416 e. The van der Waals surface area contributed by atoms with Crippen molar-refractivity contribution in [2.75, 3.05) is 25.1 Å². The number of nitrogens with two attached hydrogens (primary N) is 2. The van der Waals surface area contributed by atoms with Crippen molar-refractivity contribution in [3.63, 3.8) is 0 Å². The first-order valence-corrected chi connectivity index (χ1v) is 15.1. The molecule has 0 saturated carbocycles. The van der Waals surface area contributed by atoms with Crippen molar-refractivity contribution in [1.82, 2.24) is 10.0 Å². The summed E-state index contributed by atoms with van der Waals surface area (Å²) < 4.78 is 59.3. The van der Waals surface area contributed by atoms with Gasteiger partial charge in [0.25, 0.3) is 0 Å². The Morgan fingerprint density at radius 3 is 2.41 bits per heavy atom. The van der Waals surface area contributed by atoms with Crippen molar-refractivity contribution < 1.29 is 22.3 Å². The highest BCUT2D eigenvalue weighted by atomic mass is 19.4. The van der Waals surface area contributed by atoms with E-state index in [2.05, 4.69) is 29.3 Å². The van der Waals surface area contributed by atoms with E-state index < -0.39 is 23.6 Å². The Bertz CT molecular complexity index is 1220. The second-order valence-electron chi connectivity index (χ2n) is 9.82. The normalized spacial score (nSPS) is 16.9. The van der Waals surface area contributed by atoms with E-state index in [0.29, 0.717) is 37.6 Å². The molecule has 0 bridgehead atoms. The zero-order valence-electron chi connectivity index (χ0n) is 27.0. The first kappa shape index (κ1) is 38.5. The molecule has 0 aliphatic carbocycles. The number of halogens is 4. The van der Waals surface area contributed by atoms with Crippen molar-refractivity contribution in [2.24, 2.45) is 21.7 Å². The maximum absolute atomic E-state index is 14.8. The van der Waals surface area contributed by atoms with E-state index in [0.717, 1.165) is 41.0 Å². The molecule has 2 aromatic rings. The summed E-state index contributed by atoms with van der Waals surface area (Å²) in [6.07, 6.45) is 0.823. The second-order valence-corrected chi connectivity index (χ2v) is 9.82. The lowest BCUT2D eigenvalue weighted by Crippen LogP contribution is -2.49. The number of benzene rings is 2. The van der Waals surface area contributed by atoms with Crippen LogP contribution < -0.4 is 16.9 Å². The number of hydrazone groups is 1. The summed E-state index contributed by atoms with van der Waals surface area (Å²) in [7, 11) is 0. The molecule has 1 heterocycles. The number of aliphatic imine (C=N–C) groups is 1. The molecule has 1 aliphatic heterocycles. The fourth-order valence-corrected chi connectivity index (χ4v) is 4.22. The molecule has 246 valence electrons. The molecule has 8 nitrogen and oxygen atoms in total. The van der Waals surface area contributed by atoms with Crippen LogP contribution in [0, 0.1) is 0 Å². The number of anilines is 2. The summed E-state index contributed by atoms with van der Waals surface area (Å²) >= 11 is 0. The summed E-state index contributed by atoms with van der Waals surface area (Å²) in [5, 5.41) is 7.94. The molecule has 0 radical (unpaired) electrons. The average molecular weight is 624 g/mol. The number of ether oxygens (including phenoxy) is 1. The number of aryl methyl sites for hydroxylation is 1. The van der Waals surface area contributed by atoms with Crippen LogP contribution in [-0.2, 0) is 17.3 Å². The zero-order valence-corrected chi connectivity index (χ0v) is 27.0. The maximum Gasteiger partial charge on any atom is 0.416 e. The third kappa shape index (κ3) is 12.3. The number of hydrogen-bond donors (Lipinski definition) is 3. The van der Waals surface area contributed by atoms with Gasteiger partial charge >= 0.3 is 6.18 Å². The first-order valence-electron chi connectivity index (χ1n) is 15.1. The topological polar surface area (TPSA) is 104 Å². The molecule has 2 atom stereocenters. The van der Waals surface area contributed by atoms with E-state index >= 15 is 0 Å². The number of guanidine groups is 1. The molecule has 1 fully saturated rings. The van der Waals surface area contributed by atoms with Gasteiger partial charge in [-0.3, -0.25) is 4.90 Å². The van der Waals surface area contributed by atoms with E-state index in [4.69, 9.17) is 16.3 Å². The fraction of sp³-hybridized carbons (Fsp3) is 0.500. The predicted molar refractivity (Wildman–Crippen MR) is 173 cm³/mol. The van der Waals surface area contributed by atoms with Crippen LogP contribution in [0.2, 0.25) is 0 Å². The van der Waals surface area contributed by atoms with Gasteiger partial charge in [0.15, 0.2) is 0 Å². The van der Waals surface area contributed by atoms with Gasteiger partial charge in [-0.25, -0.2) is 15.2 Å². The van der Waals surface area contributed by atoms with Crippen molar-refractivity contribution in [1.29, 1.82) is 0 Å². The van der Waals surface area contributed by atoms with E-state index in [-0.39, 0.29) is 12.0 Å². The standard InChI is InChI=1S/C27H35F4N7O.C3H8.C2H6/c1-4-19-13-23(36-22-8-6-7-21(14-22)27(29,30)31)10-9-20(19)15-35-38(33)26(32)34-16-25(28)18(3)37-11-12-39-17-24(37)5-2;1-3-2;1-2/h6-10,13-16,18,24,36H,4-5,11-12,17,33H2,1-3H3,(H2,32,34);3H2,1-2H3;1-2H3/b25-16+,35-15+;;. The molecule has 5 N–H and O–H groups in total. The first-order chi connectivity index (χ1) is 20.9. The summed E-state index contributed by atoms with van der Waals surface area (Å²) in [5.74, 6) is 5.23. The molecular weight excluding hydrogens is 574 g/mol. The van der Waals surface area contributed by atoms with Gasteiger partial charge in [-0.1, -0.05) is 60.1 Å². The van der Waals surface area contributed by atoms with E-state index in [9.17, 15) is 17.6 Å². The van der Waals surface area contributed by atoms with Gasteiger partial charge in [0, 0.05) is 24.0 Å². The quantitative estimate of drug-likeness (QED) is 0.0874. The zero-order chi connectivity index (χ0) is 33.3. The van der Waals surface area contributed by atoms with Crippen molar-refractivity contribution >= 4 is 23.5 Å². The van der Waals surface area contributed by atoms with E-state index in [1.807, 2.05) is 38.7 Å². The minimum Gasteiger partial charge on any atom is -0.378 e. The van der Waals surface area contributed by atoms with Crippen LogP contribution in [0.15, 0.2) is 64.6 Å². The molecule has 0 aromatic heterocycles. The number of morpholine rings is 1. The Labute approximate surface area is 259 Å². The Morgan fingerprint density at radius 2 is 1.80 bits per heavy atom. The fourth-order valence-electron chi connectivity index (χ4n) is 4.22. The highest BCUT2D eigenvalue weighted by Crippen LogP contribution is 2.31. The highest BCUT2D eigenvalue weighted by molar-refractivity contribution is 5.85. The van der Waals surface area contributed by atoms with Gasteiger partial charge in [-0.15, -0.1) is 0 Å². The molecule has 1 saturated heterocycles. The number of rotatable bonds is 9. The number of hydrogen-bond acceptors (Lipinski definition) is 6. The van der Waals surface area contributed by atoms with Crippen molar-refractivity contribution in [3.8, 4) is 0 Å². The minimum atomic E-state index is -4.42. The Kier molecular flexibility index (Phi) is 17.3. The summed E-state index contributed by atoms with van der Waals surface area (Å²) in [6, 6.07) is 9.91. The lowest BCUT2D eigenvalue weighted by atomic mass is 10.0. The van der Waals surface area contributed by atoms with Crippen LogP contribution in [0.4, 0.5) is 28.9 Å². The third-order valence-corrected chi connectivity index (χ3v) is 6.52. The van der Waals surface area contributed by atoms with Gasteiger partial charge in [0.1, 0.15) is 5.83 Å². The molecule has 0 spiro atoms. The minimum absolute atomic E-state index is 0.129. The van der Waals surface area contributed by atoms with Gasteiger partial charge in [-0.2, -0.15) is 23.4 Å². The average Bonchev–Trinajstić information content (AvgIpc) is 3.03. The molecule has 2 unspecified atom stereocenters. The van der Waals surface area contributed by atoms with Gasteiger partial charge < -0.3 is 15.8 Å². The molecule has 0 amide bonds. The third-order valence-electron chi connectivity index (χ3n) is 6.52. The number of nitrogens with one attached hydrogen (secondary N) is 1. The Balaban J connectivity index is 0.00000182. The van der Waals surface area contributed by atoms with Crippen LogP contribution in [0.1, 0.15) is 78.0 Å². The molecule has 12 heteroatoms. The number of alkyl halides is 3. The predicted octanol–water partition coefficient (Wildman–Crippen LogP) is 7.59. The van der Waals surface area contributed by atoms with E-state index in [1.54, 1.807) is 25.1 Å². The van der Waals surface area contributed by atoms with Crippen LogP contribution in [0.3, 0.4) is 0 Å². The van der Waals surface area contributed by atoms with Gasteiger partial charge in [-0.05, 0) is 61.2 Å². The SMILES string of the molecule is CC.CCC.CCc1cc(Nc2cccc(C(F)(F)F)c2)ccc1/C=N/N(N)C(N)=N/C=C(/F)C(C)N1CCOCC1CC. The molecule has 44 heavy (non-hydrogen) atoms. The second kappa shape index (κ2) is 19.7. The van der Waals surface area contributed by atoms with Crippen LogP contribution in [0.5, 0.6) is 0 Å². The lowest BCUT2D eigenvalue weighted by molar-refractivity contribution is -0.137. The van der Waals surface area contributed by atoms with Gasteiger partial charge in [0.2, 0.25) is 5.96 Å². The summed E-state index contributed by atoms with van der Waals surface area (Å²) in [4.78, 5) is 5.97. The Hall–Kier alpha value is -3.48. The maximum atomic E-state index is 14.8. The monoisotopic (exact) mass is 623 g/mol. The lowest BCUT2D eigenvalue weighted by Gasteiger charge is -2.38. The summed E-state index contributed by atoms with van der Waals surface area (Å²) in [6.45, 7) is 15.7.